The van der Waals surface area contributed by atoms with Gasteiger partial charge < -0.3 is 10.3 Å². The minimum Gasteiger partial charge on any atom is -0.366 e. The van der Waals surface area contributed by atoms with Crippen molar-refractivity contribution in [2.75, 3.05) is 0 Å². The molecule has 144 valence electrons. The average molecular weight is 407 g/mol. The van der Waals surface area contributed by atoms with Crippen LogP contribution in [0.5, 0.6) is 0 Å². The normalized spacial score (nSPS) is 11.0. The molecule has 0 bridgehead atoms. The minimum atomic E-state index is -0.437. The third kappa shape index (κ3) is 2.95. The van der Waals surface area contributed by atoms with Gasteiger partial charge in [-0.15, -0.1) is 11.3 Å². The quantitative estimate of drug-likeness (QED) is 0.425. The number of fused-ring (bicyclic) bond motifs is 3. The summed E-state index contributed by atoms with van der Waals surface area (Å²) in [5, 5.41) is 13.2. The molecular weight excluding hydrogens is 390 g/mol. The minimum absolute atomic E-state index is 0.437. The van der Waals surface area contributed by atoms with Gasteiger partial charge in [0.2, 0.25) is 5.91 Å². The van der Waals surface area contributed by atoms with Gasteiger partial charge in [0.25, 0.3) is 0 Å². The summed E-state index contributed by atoms with van der Waals surface area (Å²) in [7, 11) is 0. The van der Waals surface area contributed by atoms with Crippen molar-refractivity contribution in [1.29, 1.82) is 5.26 Å². The van der Waals surface area contributed by atoms with Gasteiger partial charge in [-0.2, -0.15) is 5.26 Å². The molecule has 2 aromatic heterocycles. The molecular formula is C25H17N3OS. The molecule has 0 aliphatic rings. The first-order chi connectivity index (χ1) is 14.7. The molecule has 5 aromatic rings. The third-order valence-corrected chi connectivity index (χ3v) is 6.28. The second-order valence-corrected chi connectivity index (χ2v) is 8.12. The van der Waals surface area contributed by atoms with Crippen LogP contribution >= 0.6 is 11.3 Å². The lowest BCUT2D eigenvalue weighted by molar-refractivity contribution is 0.100. The predicted molar refractivity (Wildman–Crippen MR) is 122 cm³/mol. The monoisotopic (exact) mass is 407 g/mol. The fourth-order valence-electron chi connectivity index (χ4n) is 4.04. The number of benzene rings is 3. The molecule has 4 nitrogen and oxygen atoms in total. The summed E-state index contributed by atoms with van der Waals surface area (Å²) in [5.74, 6) is -0.437. The van der Waals surface area contributed by atoms with Crippen molar-refractivity contribution in [3.8, 4) is 16.5 Å². The van der Waals surface area contributed by atoms with Crippen LogP contribution in [-0.2, 0) is 6.54 Å². The molecule has 0 atom stereocenters. The highest BCUT2D eigenvalue weighted by molar-refractivity contribution is 7.13. The third-order valence-electron chi connectivity index (χ3n) is 5.36. The summed E-state index contributed by atoms with van der Waals surface area (Å²) in [6, 6.07) is 25.9. The Kier molecular flexibility index (Phi) is 4.35. The maximum Gasteiger partial charge on any atom is 0.249 e. The molecule has 0 saturated carbocycles. The number of nitrogens with zero attached hydrogens (tertiary/aromatic N) is 2. The van der Waals surface area contributed by atoms with Crippen LogP contribution < -0.4 is 5.73 Å². The van der Waals surface area contributed by atoms with Gasteiger partial charge in [0.1, 0.15) is 0 Å². The van der Waals surface area contributed by atoms with Crippen molar-refractivity contribution in [3.63, 3.8) is 0 Å². The number of amides is 1. The zero-order valence-electron chi connectivity index (χ0n) is 16.0. The van der Waals surface area contributed by atoms with E-state index in [2.05, 4.69) is 40.3 Å². The van der Waals surface area contributed by atoms with E-state index in [0.717, 1.165) is 32.9 Å². The highest BCUT2D eigenvalue weighted by atomic mass is 32.1. The van der Waals surface area contributed by atoms with Gasteiger partial charge in [-0.1, -0.05) is 36.4 Å². The van der Waals surface area contributed by atoms with Crippen molar-refractivity contribution >= 4 is 39.0 Å². The molecule has 5 heteroatoms. The van der Waals surface area contributed by atoms with Crippen LogP contribution in [0.2, 0.25) is 0 Å². The summed E-state index contributed by atoms with van der Waals surface area (Å²) in [5.41, 5.74) is 11.0. The molecule has 0 radical (unpaired) electrons. The zero-order chi connectivity index (χ0) is 20.7. The van der Waals surface area contributed by atoms with Crippen molar-refractivity contribution in [2.24, 2.45) is 5.73 Å². The highest BCUT2D eigenvalue weighted by Crippen LogP contribution is 2.36. The largest absolute Gasteiger partial charge is 0.366 e. The lowest BCUT2D eigenvalue weighted by Crippen LogP contribution is -2.11. The van der Waals surface area contributed by atoms with Crippen LogP contribution in [0, 0.1) is 11.3 Å². The van der Waals surface area contributed by atoms with E-state index in [9.17, 15) is 10.1 Å². The number of aromatic nitrogens is 1. The van der Waals surface area contributed by atoms with E-state index in [1.165, 1.54) is 4.88 Å². The molecule has 3 aromatic carbocycles. The number of hydrogen-bond donors (Lipinski definition) is 1. The number of primary amides is 1. The zero-order valence-corrected chi connectivity index (χ0v) is 16.8. The van der Waals surface area contributed by atoms with Crippen LogP contribution in [0.25, 0.3) is 32.2 Å². The van der Waals surface area contributed by atoms with E-state index in [4.69, 9.17) is 5.73 Å². The number of nitriles is 1. The van der Waals surface area contributed by atoms with E-state index in [1.54, 1.807) is 23.5 Å². The summed E-state index contributed by atoms with van der Waals surface area (Å²) < 4.78 is 2.20. The first-order valence-electron chi connectivity index (χ1n) is 9.53. The number of nitrogens with two attached hydrogens (primary N) is 1. The van der Waals surface area contributed by atoms with E-state index < -0.39 is 5.91 Å². The van der Waals surface area contributed by atoms with Gasteiger partial charge >= 0.3 is 0 Å². The van der Waals surface area contributed by atoms with Crippen LogP contribution in [-0.4, -0.2) is 10.5 Å². The molecule has 0 saturated heterocycles. The van der Waals surface area contributed by atoms with Crippen molar-refractivity contribution in [3.05, 3.63) is 94.9 Å². The Morgan fingerprint density at radius 2 is 1.87 bits per heavy atom. The Morgan fingerprint density at radius 1 is 1.00 bits per heavy atom. The first kappa shape index (κ1) is 18.2. The first-order valence-corrected chi connectivity index (χ1v) is 10.4. The van der Waals surface area contributed by atoms with Crippen LogP contribution in [0.4, 0.5) is 0 Å². The van der Waals surface area contributed by atoms with Crippen molar-refractivity contribution in [2.45, 2.75) is 6.54 Å². The standard InChI is InChI=1S/C25H17N3OS/c26-14-16-4-1-5-17(12-16)15-28-21-7-2-6-20(25(27)29)24(21)19-10-9-18(13-22(19)28)23-8-3-11-30-23/h1-13H,15H2,(H2,27,29). The van der Waals surface area contributed by atoms with Gasteiger partial charge in [-0.05, 0) is 52.9 Å². The molecule has 5 rings (SSSR count). The number of carbonyl (C=O) groups is 1. The fraction of sp³-hybridized carbons (Fsp3) is 0.0400. The maximum absolute atomic E-state index is 12.1. The molecule has 2 heterocycles. The summed E-state index contributed by atoms with van der Waals surface area (Å²) in [4.78, 5) is 13.3. The van der Waals surface area contributed by atoms with Crippen molar-refractivity contribution < 1.29 is 4.79 Å². The number of thiophene rings is 1. The van der Waals surface area contributed by atoms with Crippen LogP contribution in [0.15, 0.2) is 78.2 Å². The Hall–Kier alpha value is -3.88. The Balaban J connectivity index is 1.81. The number of hydrogen-bond acceptors (Lipinski definition) is 3. The lowest BCUT2D eigenvalue weighted by atomic mass is 10.0. The second kappa shape index (κ2) is 7.18. The molecule has 0 unspecified atom stereocenters. The predicted octanol–water partition coefficient (Wildman–Crippen LogP) is 5.54. The summed E-state index contributed by atoms with van der Waals surface area (Å²) in [6.07, 6.45) is 0. The van der Waals surface area contributed by atoms with E-state index in [1.807, 2.05) is 36.4 Å². The maximum atomic E-state index is 12.1. The summed E-state index contributed by atoms with van der Waals surface area (Å²) in [6.45, 7) is 0.589. The molecule has 1 amide bonds. The SMILES string of the molecule is N#Cc1cccc(Cn2c3cc(-c4cccs4)ccc3c3c(C(N)=O)cccc32)c1. The second-order valence-electron chi connectivity index (χ2n) is 7.17. The Bertz CT molecular complexity index is 1460. The molecule has 30 heavy (non-hydrogen) atoms. The van der Waals surface area contributed by atoms with Crippen LogP contribution in [0.3, 0.4) is 0 Å². The Labute approximate surface area is 177 Å². The summed E-state index contributed by atoms with van der Waals surface area (Å²) >= 11 is 1.69. The number of rotatable bonds is 4. The molecule has 0 fully saturated rings. The topological polar surface area (TPSA) is 71.8 Å². The number of carbonyl (C=O) groups excluding carboxylic acids is 1. The average Bonchev–Trinajstić information content (AvgIpc) is 3.41. The smallest absolute Gasteiger partial charge is 0.249 e. The van der Waals surface area contributed by atoms with E-state index in [-0.39, 0.29) is 0 Å². The van der Waals surface area contributed by atoms with Gasteiger partial charge in [0.15, 0.2) is 0 Å². The molecule has 0 aliphatic carbocycles. The van der Waals surface area contributed by atoms with Gasteiger partial charge in [-0.25, -0.2) is 0 Å². The fourth-order valence-corrected chi connectivity index (χ4v) is 4.76. The van der Waals surface area contributed by atoms with Gasteiger partial charge in [-0.3, -0.25) is 4.79 Å². The van der Waals surface area contributed by atoms with E-state index >= 15 is 0 Å². The molecule has 2 N–H and O–H groups in total. The van der Waals surface area contributed by atoms with E-state index in [0.29, 0.717) is 17.7 Å². The highest BCUT2D eigenvalue weighted by Gasteiger charge is 2.17. The lowest BCUT2D eigenvalue weighted by Gasteiger charge is -2.09. The van der Waals surface area contributed by atoms with Crippen LogP contribution in [0.1, 0.15) is 21.5 Å². The van der Waals surface area contributed by atoms with Crippen molar-refractivity contribution in [1.82, 2.24) is 4.57 Å². The molecule has 0 aliphatic heterocycles. The molecule has 0 spiro atoms. The Morgan fingerprint density at radius 3 is 2.63 bits per heavy atom. The van der Waals surface area contributed by atoms with Gasteiger partial charge in [0, 0.05) is 27.8 Å². The van der Waals surface area contributed by atoms with Gasteiger partial charge in [0.05, 0.1) is 22.7 Å².